The maximum Gasteiger partial charge on any atom is 0.316 e. The zero-order valence-corrected chi connectivity index (χ0v) is 14.0. The number of nitrogens with zero attached hydrogens (tertiary/aromatic N) is 1. The summed E-state index contributed by atoms with van der Waals surface area (Å²) in [5.74, 6) is -0.863. The fraction of sp³-hybridized carbons (Fsp3) is 0.632. The van der Waals surface area contributed by atoms with E-state index in [2.05, 4.69) is 18.7 Å². The van der Waals surface area contributed by atoms with Crippen LogP contribution in [0.2, 0.25) is 0 Å². The number of carbonyl (C=O) groups excluding carboxylic acids is 1. The van der Waals surface area contributed by atoms with Crippen LogP contribution in [0.25, 0.3) is 0 Å². The Bertz CT molecular complexity index is 517. The van der Waals surface area contributed by atoms with Gasteiger partial charge in [0.05, 0.1) is 6.61 Å². The van der Waals surface area contributed by atoms with Gasteiger partial charge < -0.3 is 9.84 Å². The summed E-state index contributed by atoms with van der Waals surface area (Å²) >= 11 is 0. The average Bonchev–Trinajstić information content (AvgIpc) is 2.81. The smallest absolute Gasteiger partial charge is 0.316 e. The summed E-state index contributed by atoms with van der Waals surface area (Å²) in [6.45, 7) is 4.28. The molecular formula is C19H27NO3. The van der Waals surface area contributed by atoms with E-state index in [1.165, 1.54) is 12.8 Å². The van der Waals surface area contributed by atoms with Gasteiger partial charge in [0.25, 0.3) is 0 Å². The van der Waals surface area contributed by atoms with Gasteiger partial charge in [0, 0.05) is 31.0 Å². The molecule has 2 aliphatic rings. The summed E-state index contributed by atoms with van der Waals surface area (Å²) < 4.78 is 5.78. The molecular weight excluding hydrogens is 290 g/mol. The molecule has 1 aromatic rings. The molecule has 3 rings (SSSR count). The van der Waals surface area contributed by atoms with E-state index >= 15 is 0 Å². The van der Waals surface area contributed by atoms with Gasteiger partial charge in [-0.05, 0) is 32.3 Å². The van der Waals surface area contributed by atoms with E-state index in [0.717, 1.165) is 18.4 Å². The van der Waals surface area contributed by atoms with E-state index in [1.54, 1.807) is 0 Å². The van der Waals surface area contributed by atoms with E-state index in [-0.39, 0.29) is 18.7 Å². The third-order valence-corrected chi connectivity index (χ3v) is 5.29. The zero-order valence-electron chi connectivity index (χ0n) is 14.0. The van der Waals surface area contributed by atoms with Crippen LogP contribution in [0.3, 0.4) is 0 Å². The predicted molar refractivity (Wildman–Crippen MR) is 89.2 cm³/mol. The topological polar surface area (TPSA) is 49.8 Å². The van der Waals surface area contributed by atoms with E-state index in [9.17, 15) is 9.90 Å². The predicted octanol–water partition coefficient (Wildman–Crippen LogP) is 2.71. The van der Waals surface area contributed by atoms with Crippen LogP contribution in [0.15, 0.2) is 30.3 Å². The molecule has 1 N–H and O–H groups in total. The number of carbonyl (C=O) groups is 1. The number of fused-ring (bicyclic) bond motifs is 2. The second kappa shape index (κ2) is 7.02. The van der Waals surface area contributed by atoms with Crippen LogP contribution in [-0.4, -0.2) is 46.8 Å². The first-order valence-corrected chi connectivity index (χ1v) is 8.74. The molecule has 4 heteroatoms. The fourth-order valence-corrected chi connectivity index (χ4v) is 4.35. The van der Waals surface area contributed by atoms with Crippen molar-refractivity contribution in [1.82, 2.24) is 4.90 Å². The highest BCUT2D eigenvalue weighted by molar-refractivity contribution is 5.78. The molecule has 4 nitrogen and oxygen atoms in total. The molecule has 3 atom stereocenters. The van der Waals surface area contributed by atoms with Gasteiger partial charge in [0.1, 0.15) is 12.0 Å². The molecule has 2 heterocycles. The van der Waals surface area contributed by atoms with Crippen LogP contribution in [0.1, 0.15) is 51.0 Å². The Kier molecular flexibility index (Phi) is 5.02. The molecule has 0 aliphatic carbocycles. The standard InChI is InChI=1S/C19H27NO3/c1-13(2)20-15-8-9-16(20)11-17(10-15)23-19(22)18(12-21)14-6-4-3-5-7-14/h3-7,13,15-18,21H,8-12H2,1-2H3/t15?,16?,17?,18-/m1/s1. The van der Waals surface area contributed by atoms with Gasteiger partial charge in [-0.25, -0.2) is 0 Å². The Hall–Kier alpha value is -1.39. The Morgan fingerprint density at radius 1 is 1.22 bits per heavy atom. The lowest BCUT2D eigenvalue weighted by molar-refractivity contribution is -0.155. The van der Waals surface area contributed by atoms with Crippen molar-refractivity contribution in [2.45, 2.75) is 69.7 Å². The highest BCUT2D eigenvalue weighted by Gasteiger charge is 2.43. The minimum absolute atomic E-state index is 0.00670. The Morgan fingerprint density at radius 2 is 1.83 bits per heavy atom. The Balaban J connectivity index is 1.63. The number of ether oxygens (including phenoxy) is 1. The highest BCUT2D eigenvalue weighted by Crippen LogP contribution is 2.38. The highest BCUT2D eigenvalue weighted by atomic mass is 16.5. The van der Waals surface area contributed by atoms with Gasteiger partial charge in [0.15, 0.2) is 0 Å². The summed E-state index contributed by atoms with van der Waals surface area (Å²) in [6.07, 6.45) is 4.26. The van der Waals surface area contributed by atoms with Crippen molar-refractivity contribution in [2.24, 2.45) is 0 Å². The summed E-state index contributed by atoms with van der Waals surface area (Å²) in [5.41, 5.74) is 0.822. The molecule has 126 valence electrons. The SMILES string of the molecule is CC(C)N1C2CCC1CC(OC(=O)[C@H](CO)c1ccccc1)C2. The van der Waals surface area contributed by atoms with Gasteiger partial charge in [-0.2, -0.15) is 0 Å². The van der Waals surface area contributed by atoms with Crippen LogP contribution in [0.5, 0.6) is 0 Å². The minimum atomic E-state index is -0.572. The van der Waals surface area contributed by atoms with Crippen LogP contribution < -0.4 is 0 Å². The number of rotatable bonds is 5. The molecule has 0 amide bonds. The van der Waals surface area contributed by atoms with Crippen molar-refractivity contribution in [3.63, 3.8) is 0 Å². The van der Waals surface area contributed by atoms with Gasteiger partial charge in [-0.15, -0.1) is 0 Å². The number of piperidine rings is 1. The van der Waals surface area contributed by atoms with Crippen LogP contribution >= 0.6 is 0 Å². The van der Waals surface area contributed by atoms with Gasteiger partial charge in [-0.1, -0.05) is 30.3 Å². The van der Waals surface area contributed by atoms with Crippen molar-refractivity contribution in [3.8, 4) is 0 Å². The maximum absolute atomic E-state index is 12.5. The number of hydrogen-bond acceptors (Lipinski definition) is 4. The zero-order chi connectivity index (χ0) is 16.4. The first-order chi connectivity index (χ1) is 11.1. The van der Waals surface area contributed by atoms with Gasteiger partial charge >= 0.3 is 5.97 Å². The van der Waals surface area contributed by atoms with Crippen molar-refractivity contribution in [3.05, 3.63) is 35.9 Å². The molecule has 2 bridgehead atoms. The maximum atomic E-state index is 12.5. The minimum Gasteiger partial charge on any atom is -0.462 e. The number of benzene rings is 1. The van der Waals surface area contributed by atoms with E-state index in [4.69, 9.17) is 4.74 Å². The molecule has 0 spiro atoms. The van der Waals surface area contributed by atoms with Crippen molar-refractivity contribution in [2.75, 3.05) is 6.61 Å². The lowest BCUT2D eigenvalue weighted by Crippen LogP contribution is -2.49. The molecule has 0 aromatic heterocycles. The lowest BCUT2D eigenvalue weighted by Gasteiger charge is -2.41. The quantitative estimate of drug-likeness (QED) is 0.848. The van der Waals surface area contributed by atoms with Crippen molar-refractivity contribution in [1.29, 1.82) is 0 Å². The second-order valence-electron chi connectivity index (χ2n) is 7.10. The largest absolute Gasteiger partial charge is 0.462 e. The number of hydrogen-bond donors (Lipinski definition) is 1. The molecule has 2 fully saturated rings. The van der Waals surface area contributed by atoms with E-state index < -0.39 is 5.92 Å². The molecule has 0 radical (unpaired) electrons. The molecule has 0 saturated carbocycles. The Morgan fingerprint density at radius 3 is 2.35 bits per heavy atom. The first kappa shape index (κ1) is 16.5. The van der Waals surface area contributed by atoms with Gasteiger partial charge in [-0.3, -0.25) is 9.69 Å². The van der Waals surface area contributed by atoms with Crippen LogP contribution in [0.4, 0.5) is 0 Å². The normalized spacial score (nSPS) is 28.8. The molecule has 23 heavy (non-hydrogen) atoms. The van der Waals surface area contributed by atoms with Crippen molar-refractivity contribution >= 4 is 5.97 Å². The van der Waals surface area contributed by atoms with Crippen LogP contribution in [0, 0.1) is 0 Å². The number of esters is 1. The molecule has 2 aliphatic heterocycles. The summed E-state index contributed by atoms with van der Waals surface area (Å²) in [5, 5.41) is 9.60. The monoisotopic (exact) mass is 317 g/mol. The molecule has 2 saturated heterocycles. The van der Waals surface area contributed by atoms with E-state index in [0.29, 0.717) is 18.1 Å². The number of aliphatic hydroxyl groups excluding tert-OH is 1. The third kappa shape index (κ3) is 3.43. The fourth-order valence-electron chi connectivity index (χ4n) is 4.35. The van der Waals surface area contributed by atoms with Crippen molar-refractivity contribution < 1.29 is 14.6 Å². The van der Waals surface area contributed by atoms with Gasteiger partial charge in [0.2, 0.25) is 0 Å². The molecule has 2 unspecified atom stereocenters. The van der Waals surface area contributed by atoms with E-state index in [1.807, 2.05) is 30.3 Å². The first-order valence-electron chi connectivity index (χ1n) is 8.74. The second-order valence-corrected chi connectivity index (χ2v) is 7.10. The molecule has 1 aromatic carbocycles. The third-order valence-electron chi connectivity index (χ3n) is 5.29. The number of aliphatic hydroxyl groups is 1. The lowest BCUT2D eigenvalue weighted by atomic mass is 9.97. The summed E-state index contributed by atoms with van der Waals surface area (Å²) in [6, 6.07) is 11.0. The van der Waals surface area contributed by atoms with Crippen LogP contribution in [-0.2, 0) is 9.53 Å². The summed E-state index contributed by atoms with van der Waals surface area (Å²) in [4.78, 5) is 15.1. The Labute approximate surface area is 138 Å². The average molecular weight is 317 g/mol. The summed E-state index contributed by atoms with van der Waals surface area (Å²) in [7, 11) is 0.